The molecule has 0 heterocycles. The van der Waals surface area contributed by atoms with Crippen LogP contribution in [-0.2, 0) is 0 Å². The number of aliphatic hydroxyl groups excluding tert-OH is 1. The van der Waals surface area contributed by atoms with Gasteiger partial charge in [-0.15, -0.1) is 0 Å². The van der Waals surface area contributed by atoms with Crippen molar-refractivity contribution in [1.82, 2.24) is 0 Å². The quantitative estimate of drug-likeness (QED) is 0.179. The van der Waals surface area contributed by atoms with Gasteiger partial charge in [0.25, 0.3) is 0 Å². The summed E-state index contributed by atoms with van der Waals surface area (Å²) in [5, 5.41) is 15.0. The molecule has 0 aliphatic heterocycles. The minimum absolute atomic E-state index is 0. The first-order valence-corrected chi connectivity index (χ1v) is 0.925. The molecule has 0 aliphatic carbocycles. The fourth-order valence-electron chi connectivity index (χ4n) is 0. The standard InChI is InChI=1S/C2H5O2.Na/c1-2(3)4;/h2-4H,1H2;/q-1;+1. The van der Waals surface area contributed by atoms with E-state index in [9.17, 15) is 0 Å². The van der Waals surface area contributed by atoms with Crippen LogP contribution in [0.4, 0.5) is 0 Å². The SMILES string of the molecule is [CH2-]C(O)O.[Na+]. The molecule has 0 rings (SSSR count). The number of hydrogen-bond acceptors (Lipinski definition) is 2. The van der Waals surface area contributed by atoms with Crippen molar-refractivity contribution >= 4 is 0 Å². The number of rotatable bonds is 0. The van der Waals surface area contributed by atoms with Crippen LogP contribution in [0.2, 0.25) is 0 Å². The molecule has 2 N–H and O–H groups in total. The van der Waals surface area contributed by atoms with Crippen LogP contribution in [0.1, 0.15) is 0 Å². The second kappa shape index (κ2) is 4.92. The third-order valence-electron chi connectivity index (χ3n) is 0. The Labute approximate surface area is 53.1 Å². The van der Waals surface area contributed by atoms with Crippen molar-refractivity contribution < 1.29 is 39.8 Å². The smallest absolute Gasteiger partial charge is 0.399 e. The van der Waals surface area contributed by atoms with E-state index in [0.717, 1.165) is 0 Å². The first-order valence-electron chi connectivity index (χ1n) is 0.925. The van der Waals surface area contributed by atoms with Crippen molar-refractivity contribution in [1.29, 1.82) is 0 Å². The van der Waals surface area contributed by atoms with E-state index in [1.54, 1.807) is 0 Å². The Hall–Kier alpha value is 0.920. The summed E-state index contributed by atoms with van der Waals surface area (Å²) in [5.74, 6) is 0. The summed E-state index contributed by atoms with van der Waals surface area (Å²) in [5.41, 5.74) is 0. The van der Waals surface area contributed by atoms with Gasteiger partial charge in [-0.3, -0.25) is 6.92 Å². The summed E-state index contributed by atoms with van der Waals surface area (Å²) < 4.78 is 0. The second-order valence-electron chi connectivity index (χ2n) is 0.481. The molecule has 3 heteroatoms. The van der Waals surface area contributed by atoms with Crippen LogP contribution in [0.3, 0.4) is 0 Å². The van der Waals surface area contributed by atoms with E-state index in [-0.39, 0.29) is 29.6 Å². The molecule has 0 aromatic heterocycles. The van der Waals surface area contributed by atoms with Gasteiger partial charge in [-0.1, -0.05) is 0 Å². The van der Waals surface area contributed by atoms with Crippen LogP contribution in [0.25, 0.3) is 0 Å². The molecule has 0 aliphatic rings. The van der Waals surface area contributed by atoms with Crippen molar-refractivity contribution in [3.05, 3.63) is 6.92 Å². The fraction of sp³-hybridized carbons (Fsp3) is 0.500. The van der Waals surface area contributed by atoms with Crippen LogP contribution >= 0.6 is 0 Å². The topological polar surface area (TPSA) is 40.5 Å². The van der Waals surface area contributed by atoms with Crippen molar-refractivity contribution in [3.8, 4) is 0 Å². The Bertz CT molecular complexity index is 12.4. The predicted octanol–water partition coefficient (Wildman–Crippen LogP) is -3.86. The molecule has 0 aromatic rings. The summed E-state index contributed by atoms with van der Waals surface area (Å²) in [6, 6.07) is 0. The molecule has 5 heavy (non-hydrogen) atoms. The maximum absolute atomic E-state index is 7.50. The van der Waals surface area contributed by atoms with Gasteiger partial charge in [0.15, 0.2) is 0 Å². The summed E-state index contributed by atoms with van der Waals surface area (Å²) >= 11 is 0. The Kier molecular flexibility index (Phi) is 9.18. The zero-order valence-corrected chi connectivity index (χ0v) is 5.18. The molecular weight excluding hydrogens is 79.0 g/mol. The van der Waals surface area contributed by atoms with Gasteiger partial charge < -0.3 is 10.2 Å². The van der Waals surface area contributed by atoms with E-state index in [0.29, 0.717) is 0 Å². The van der Waals surface area contributed by atoms with Crippen molar-refractivity contribution in [2.45, 2.75) is 6.29 Å². The van der Waals surface area contributed by atoms with E-state index < -0.39 is 6.29 Å². The van der Waals surface area contributed by atoms with Crippen LogP contribution < -0.4 is 29.6 Å². The van der Waals surface area contributed by atoms with Crippen molar-refractivity contribution in [2.75, 3.05) is 0 Å². The first kappa shape index (κ1) is 9.33. The first-order chi connectivity index (χ1) is 1.73. The van der Waals surface area contributed by atoms with E-state index in [1.165, 1.54) is 0 Å². The number of hydrogen-bond donors (Lipinski definition) is 2. The Balaban J connectivity index is 0. The molecule has 0 aromatic carbocycles. The molecular formula is C2H5NaO2. The minimum Gasteiger partial charge on any atom is -0.399 e. The van der Waals surface area contributed by atoms with Crippen molar-refractivity contribution in [3.63, 3.8) is 0 Å². The van der Waals surface area contributed by atoms with Crippen LogP contribution in [-0.4, -0.2) is 16.5 Å². The normalized spacial score (nSPS) is 7.20. The van der Waals surface area contributed by atoms with Crippen LogP contribution in [0, 0.1) is 6.92 Å². The molecule has 0 unspecified atom stereocenters. The number of aliphatic hydroxyl groups is 2. The van der Waals surface area contributed by atoms with Gasteiger partial charge in [0, 0.05) is 6.29 Å². The summed E-state index contributed by atoms with van der Waals surface area (Å²) in [4.78, 5) is 0. The van der Waals surface area contributed by atoms with Gasteiger partial charge >= 0.3 is 29.6 Å². The van der Waals surface area contributed by atoms with Gasteiger partial charge in [0.2, 0.25) is 0 Å². The Morgan fingerprint density at radius 1 is 1.40 bits per heavy atom. The molecule has 0 bridgehead atoms. The maximum Gasteiger partial charge on any atom is 1.00 e. The molecule has 0 saturated heterocycles. The Morgan fingerprint density at radius 2 is 1.40 bits per heavy atom. The molecule has 2 nitrogen and oxygen atoms in total. The molecule has 0 spiro atoms. The maximum atomic E-state index is 7.50. The fourth-order valence-corrected chi connectivity index (χ4v) is 0. The average molecular weight is 84.0 g/mol. The zero-order chi connectivity index (χ0) is 3.58. The molecule has 0 saturated carbocycles. The van der Waals surface area contributed by atoms with Gasteiger partial charge in [-0.2, -0.15) is 0 Å². The Morgan fingerprint density at radius 3 is 1.40 bits per heavy atom. The monoisotopic (exact) mass is 84.0 g/mol. The largest absolute Gasteiger partial charge is 1.00 e. The van der Waals surface area contributed by atoms with E-state index in [1.807, 2.05) is 0 Å². The predicted molar refractivity (Wildman–Crippen MR) is 13.6 cm³/mol. The average Bonchev–Trinajstić information content (AvgIpc) is 0.811. The van der Waals surface area contributed by atoms with Gasteiger partial charge in [0.1, 0.15) is 0 Å². The summed E-state index contributed by atoms with van der Waals surface area (Å²) in [6.45, 7) is 2.75. The van der Waals surface area contributed by atoms with E-state index in [4.69, 9.17) is 10.2 Å². The van der Waals surface area contributed by atoms with Crippen molar-refractivity contribution in [2.24, 2.45) is 0 Å². The summed E-state index contributed by atoms with van der Waals surface area (Å²) in [7, 11) is 0. The molecule has 0 amide bonds. The second-order valence-corrected chi connectivity index (χ2v) is 0.481. The zero-order valence-electron chi connectivity index (χ0n) is 3.18. The molecule has 0 radical (unpaired) electrons. The molecule has 26 valence electrons. The van der Waals surface area contributed by atoms with E-state index in [2.05, 4.69) is 6.92 Å². The van der Waals surface area contributed by atoms with Gasteiger partial charge in [-0.25, -0.2) is 0 Å². The third-order valence-corrected chi connectivity index (χ3v) is 0. The summed E-state index contributed by atoms with van der Waals surface area (Å²) in [6.07, 6.45) is -1.42. The molecule has 0 atom stereocenters. The van der Waals surface area contributed by atoms with E-state index >= 15 is 0 Å². The van der Waals surface area contributed by atoms with Crippen LogP contribution in [0.15, 0.2) is 0 Å². The van der Waals surface area contributed by atoms with Gasteiger partial charge in [0.05, 0.1) is 0 Å². The van der Waals surface area contributed by atoms with Gasteiger partial charge in [-0.05, 0) is 0 Å². The third kappa shape index (κ3) is 49.6. The van der Waals surface area contributed by atoms with Crippen LogP contribution in [0.5, 0.6) is 0 Å². The minimum atomic E-state index is -1.42. The molecule has 0 fully saturated rings.